The van der Waals surface area contributed by atoms with Gasteiger partial charge in [-0.15, -0.1) is 0 Å². The van der Waals surface area contributed by atoms with Gasteiger partial charge in [0.2, 0.25) is 11.8 Å². The summed E-state index contributed by atoms with van der Waals surface area (Å²) in [5, 5.41) is 5.15. The van der Waals surface area contributed by atoms with E-state index in [-0.39, 0.29) is 0 Å². The van der Waals surface area contributed by atoms with Crippen molar-refractivity contribution in [2.45, 2.75) is 37.2 Å². The third kappa shape index (κ3) is 5.36. The van der Waals surface area contributed by atoms with Crippen LogP contribution in [0.2, 0.25) is 5.02 Å². The number of aromatic nitrogens is 2. The lowest BCUT2D eigenvalue weighted by Gasteiger charge is -2.13. The average Bonchev–Trinajstić information content (AvgIpc) is 3.08. The number of halogens is 4. The molecule has 170 valence electrons. The molecule has 6 nitrogen and oxygen atoms in total. The van der Waals surface area contributed by atoms with Gasteiger partial charge in [-0.3, -0.25) is 9.59 Å². The van der Waals surface area contributed by atoms with Gasteiger partial charge in [-0.2, -0.15) is 0 Å². The van der Waals surface area contributed by atoms with Gasteiger partial charge in [-0.1, -0.05) is 30.3 Å². The Hall–Kier alpha value is -2.72. The summed E-state index contributed by atoms with van der Waals surface area (Å²) in [6.07, 6.45) is 0.864. The Bertz CT molecular complexity index is 1170. The van der Waals surface area contributed by atoms with E-state index in [4.69, 9.17) is 11.6 Å². The Morgan fingerprint density at radius 3 is 2.66 bits per heavy atom. The van der Waals surface area contributed by atoms with Crippen molar-refractivity contribution in [2.75, 3.05) is 11.9 Å². The molecule has 0 saturated carbocycles. The maximum absolute atomic E-state index is 13.7. The predicted molar refractivity (Wildman–Crippen MR) is 118 cm³/mol. The monoisotopic (exact) mass is 484 g/mol. The standard InChI is InChI=1S/C21H20ClF3N4O2S/c1-3-8-29-16-7-4-12(22)9-15(16)28-21(29)32-11(2)20(31)26-10-17(30)27-14-6-5-13(23)18(24)19(14)25/h4-7,9,11H,3,8,10H2,1-2H3,(H,26,31)(H,27,30). The summed E-state index contributed by atoms with van der Waals surface area (Å²) in [7, 11) is 0. The van der Waals surface area contributed by atoms with Gasteiger partial charge in [0.15, 0.2) is 22.6 Å². The third-order valence-corrected chi connectivity index (χ3v) is 5.83. The van der Waals surface area contributed by atoms with Crippen molar-refractivity contribution in [1.82, 2.24) is 14.9 Å². The molecule has 0 bridgehead atoms. The molecule has 1 aromatic heterocycles. The van der Waals surface area contributed by atoms with Crippen molar-refractivity contribution >= 4 is 51.9 Å². The number of hydrogen-bond acceptors (Lipinski definition) is 4. The summed E-state index contributed by atoms with van der Waals surface area (Å²) in [5.41, 5.74) is 1.10. The molecule has 3 aromatic rings. The molecular weight excluding hydrogens is 465 g/mol. The number of amides is 2. The molecule has 3 rings (SSSR count). The summed E-state index contributed by atoms with van der Waals surface area (Å²) in [4.78, 5) is 29.0. The number of nitrogens with zero attached hydrogens (tertiary/aromatic N) is 2. The first-order chi connectivity index (χ1) is 15.2. The van der Waals surface area contributed by atoms with Gasteiger partial charge in [0, 0.05) is 11.6 Å². The fraction of sp³-hybridized carbons (Fsp3) is 0.286. The fourth-order valence-electron chi connectivity index (χ4n) is 2.95. The van der Waals surface area contributed by atoms with Crippen LogP contribution in [0.15, 0.2) is 35.5 Å². The van der Waals surface area contributed by atoms with E-state index in [0.717, 1.165) is 18.0 Å². The lowest BCUT2D eigenvalue weighted by Crippen LogP contribution is -2.37. The van der Waals surface area contributed by atoms with Gasteiger partial charge in [0.25, 0.3) is 0 Å². The largest absolute Gasteiger partial charge is 0.346 e. The average molecular weight is 485 g/mol. The molecule has 0 saturated heterocycles. The number of benzene rings is 2. The van der Waals surface area contributed by atoms with Crippen LogP contribution in [-0.2, 0) is 16.1 Å². The molecule has 0 fully saturated rings. The third-order valence-electron chi connectivity index (χ3n) is 4.51. The van der Waals surface area contributed by atoms with Crippen LogP contribution >= 0.6 is 23.4 Å². The molecule has 0 spiro atoms. The summed E-state index contributed by atoms with van der Waals surface area (Å²) in [5.74, 6) is -5.79. The lowest BCUT2D eigenvalue weighted by atomic mass is 10.2. The van der Waals surface area contributed by atoms with E-state index < -0.39 is 46.7 Å². The van der Waals surface area contributed by atoms with Gasteiger partial charge in [-0.25, -0.2) is 18.2 Å². The minimum atomic E-state index is -1.69. The van der Waals surface area contributed by atoms with Crippen LogP contribution in [0, 0.1) is 17.5 Å². The number of imidazole rings is 1. The van der Waals surface area contributed by atoms with Crippen molar-refractivity contribution in [3.05, 3.63) is 52.8 Å². The molecule has 1 heterocycles. The molecule has 32 heavy (non-hydrogen) atoms. The topological polar surface area (TPSA) is 76.0 Å². The SMILES string of the molecule is CCCn1c(SC(C)C(=O)NCC(=O)Nc2ccc(F)c(F)c2F)nc2cc(Cl)ccc21. The number of thioether (sulfide) groups is 1. The highest BCUT2D eigenvalue weighted by atomic mass is 35.5. The number of rotatable bonds is 8. The molecule has 0 aliphatic heterocycles. The Morgan fingerprint density at radius 1 is 1.19 bits per heavy atom. The van der Waals surface area contributed by atoms with Crippen molar-refractivity contribution < 1.29 is 22.8 Å². The lowest BCUT2D eigenvalue weighted by molar-refractivity contribution is -0.123. The smallest absolute Gasteiger partial charge is 0.243 e. The maximum Gasteiger partial charge on any atom is 0.243 e. The molecule has 2 N–H and O–H groups in total. The quantitative estimate of drug-likeness (QED) is 0.357. The highest BCUT2D eigenvalue weighted by Crippen LogP contribution is 2.29. The minimum Gasteiger partial charge on any atom is -0.346 e. The summed E-state index contributed by atoms with van der Waals surface area (Å²) < 4.78 is 41.9. The molecule has 2 aromatic carbocycles. The number of nitrogens with one attached hydrogen (secondary N) is 2. The van der Waals surface area contributed by atoms with Crippen LogP contribution in [-0.4, -0.2) is 33.2 Å². The van der Waals surface area contributed by atoms with Gasteiger partial charge in [-0.05, 0) is 43.7 Å². The van der Waals surface area contributed by atoms with E-state index in [2.05, 4.69) is 15.6 Å². The predicted octanol–water partition coefficient (Wildman–Crippen LogP) is 4.75. The van der Waals surface area contributed by atoms with Crippen LogP contribution in [0.1, 0.15) is 20.3 Å². The van der Waals surface area contributed by atoms with Crippen LogP contribution in [0.5, 0.6) is 0 Å². The van der Waals surface area contributed by atoms with E-state index >= 15 is 0 Å². The first-order valence-corrected chi connectivity index (χ1v) is 11.0. The number of fused-ring (bicyclic) bond motifs is 1. The number of hydrogen-bond donors (Lipinski definition) is 2. The van der Waals surface area contributed by atoms with Crippen molar-refractivity contribution in [2.24, 2.45) is 0 Å². The van der Waals surface area contributed by atoms with Gasteiger partial charge < -0.3 is 15.2 Å². The number of carbonyl (C=O) groups excluding carboxylic acids is 2. The number of carbonyl (C=O) groups is 2. The highest BCUT2D eigenvalue weighted by Gasteiger charge is 2.21. The molecule has 2 amide bonds. The van der Waals surface area contributed by atoms with E-state index in [1.165, 1.54) is 11.8 Å². The van der Waals surface area contributed by atoms with Gasteiger partial charge in [0.1, 0.15) is 0 Å². The molecular formula is C21H20ClF3N4O2S. The first kappa shape index (κ1) is 23.9. The Morgan fingerprint density at radius 2 is 1.94 bits per heavy atom. The van der Waals surface area contributed by atoms with Gasteiger partial charge in [0.05, 0.1) is 28.5 Å². The van der Waals surface area contributed by atoms with Crippen LogP contribution in [0.4, 0.5) is 18.9 Å². The molecule has 1 unspecified atom stereocenters. The summed E-state index contributed by atoms with van der Waals surface area (Å²) >= 11 is 7.27. The molecule has 11 heteroatoms. The second kappa shape index (κ2) is 10.3. The zero-order valence-electron chi connectivity index (χ0n) is 17.2. The zero-order valence-corrected chi connectivity index (χ0v) is 18.8. The van der Waals surface area contributed by atoms with Crippen LogP contribution in [0.25, 0.3) is 11.0 Å². The molecule has 0 radical (unpaired) electrons. The van der Waals surface area contributed by atoms with E-state index in [1.807, 2.05) is 17.6 Å². The Kier molecular flexibility index (Phi) is 7.68. The molecule has 0 aliphatic rings. The van der Waals surface area contributed by atoms with Crippen molar-refractivity contribution in [3.63, 3.8) is 0 Å². The van der Waals surface area contributed by atoms with E-state index in [1.54, 1.807) is 19.1 Å². The van der Waals surface area contributed by atoms with Crippen LogP contribution in [0.3, 0.4) is 0 Å². The molecule has 1 atom stereocenters. The summed E-state index contributed by atoms with van der Waals surface area (Å²) in [6.45, 7) is 3.93. The molecule has 0 aliphatic carbocycles. The van der Waals surface area contributed by atoms with Crippen LogP contribution < -0.4 is 10.6 Å². The van der Waals surface area contributed by atoms with Crippen molar-refractivity contribution in [1.29, 1.82) is 0 Å². The Labute approximate surface area is 191 Å². The normalized spacial score (nSPS) is 12.1. The zero-order chi connectivity index (χ0) is 23.4. The second-order valence-corrected chi connectivity index (χ2v) is 8.67. The number of anilines is 1. The number of aryl methyl sites for hydroxylation is 1. The second-order valence-electron chi connectivity index (χ2n) is 6.93. The maximum atomic E-state index is 13.7. The minimum absolute atomic E-state index is 0.441. The highest BCUT2D eigenvalue weighted by molar-refractivity contribution is 8.00. The fourth-order valence-corrected chi connectivity index (χ4v) is 4.09. The Balaban J connectivity index is 1.62. The summed E-state index contributed by atoms with van der Waals surface area (Å²) in [6, 6.07) is 6.99. The van der Waals surface area contributed by atoms with Gasteiger partial charge >= 0.3 is 0 Å². The van der Waals surface area contributed by atoms with E-state index in [9.17, 15) is 22.8 Å². The first-order valence-electron chi connectivity index (χ1n) is 9.74. The van der Waals surface area contributed by atoms with Crippen molar-refractivity contribution in [3.8, 4) is 0 Å². The van der Waals surface area contributed by atoms with E-state index in [0.29, 0.717) is 28.3 Å².